The third-order valence-corrected chi connectivity index (χ3v) is 2.39. The van der Waals surface area contributed by atoms with E-state index in [1.165, 1.54) is 0 Å². The molecule has 2 rings (SSSR count). The first kappa shape index (κ1) is 11.7. The maximum absolute atomic E-state index is 5.90. The minimum absolute atomic E-state index is 0.217. The average molecular weight is 232 g/mol. The zero-order chi connectivity index (χ0) is 12.3. The number of hydrogen-bond acceptors (Lipinski definition) is 5. The van der Waals surface area contributed by atoms with Crippen molar-refractivity contribution >= 4 is 0 Å². The molecular formula is C12H16N4O. The number of aromatic nitrogens is 3. The Morgan fingerprint density at radius 3 is 2.65 bits per heavy atom. The molecule has 2 N–H and O–H groups in total. The van der Waals surface area contributed by atoms with Crippen LogP contribution in [0.3, 0.4) is 0 Å². The summed E-state index contributed by atoms with van der Waals surface area (Å²) in [6.45, 7) is 3.96. The van der Waals surface area contributed by atoms with Crippen molar-refractivity contribution in [2.75, 3.05) is 0 Å². The van der Waals surface area contributed by atoms with Gasteiger partial charge < -0.3 is 10.3 Å². The van der Waals surface area contributed by atoms with Crippen LogP contribution in [0.4, 0.5) is 0 Å². The molecule has 0 saturated heterocycles. The molecule has 0 aliphatic rings. The Kier molecular flexibility index (Phi) is 3.19. The topological polar surface area (TPSA) is 77.8 Å². The summed E-state index contributed by atoms with van der Waals surface area (Å²) >= 11 is 0. The average Bonchev–Trinajstić information content (AvgIpc) is 2.75. The number of nitrogens with two attached hydrogens (primary N) is 1. The number of hydrogen-bond donors (Lipinski definition) is 1. The lowest BCUT2D eigenvalue weighted by atomic mass is 10.0. The molecule has 0 radical (unpaired) electrons. The smallest absolute Gasteiger partial charge is 0.227 e. The summed E-state index contributed by atoms with van der Waals surface area (Å²) in [5, 5.41) is 3.93. The molecule has 0 aliphatic heterocycles. The Morgan fingerprint density at radius 2 is 2.00 bits per heavy atom. The molecule has 0 aromatic carbocycles. The second-order valence-electron chi connectivity index (χ2n) is 4.74. The monoisotopic (exact) mass is 232 g/mol. The zero-order valence-electron chi connectivity index (χ0n) is 10.1. The molecule has 0 unspecified atom stereocenters. The molecule has 0 bridgehead atoms. The van der Waals surface area contributed by atoms with E-state index in [0.717, 1.165) is 12.0 Å². The standard InChI is InChI=1S/C12H16N4O/c1-12(2,13)6-3-10-15-11(16-17-10)9-4-7-14-8-5-9/h4-5,7-8H,3,6,13H2,1-2H3. The van der Waals surface area contributed by atoms with E-state index in [-0.39, 0.29) is 5.54 Å². The van der Waals surface area contributed by atoms with Gasteiger partial charge in [-0.3, -0.25) is 4.98 Å². The summed E-state index contributed by atoms with van der Waals surface area (Å²) < 4.78 is 5.18. The number of pyridine rings is 1. The zero-order valence-corrected chi connectivity index (χ0v) is 10.1. The van der Waals surface area contributed by atoms with E-state index in [9.17, 15) is 0 Å². The summed E-state index contributed by atoms with van der Waals surface area (Å²) in [4.78, 5) is 8.27. The van der Waals surface area contributed by atoms with E-state index in [1.807, 2.05) is 26.0 Å². The third kappa shape index (κ3) is 3.35. The Labute approximate surface area is 100 Å². The van der Waals surface area contributed by atoms with Gasteiger partial charge in [0.2, 0.25) is 11.7 Å². The minimum atomic E-state index is -0.217. The van der Waals surface area contributed by atoms with Crippen molar-refractivity contribution < 1.29 is 4.52 Å². The Morgan fingerprint density at radius 1 is 1.29 bits per heavy atom. The van der Waals surface area contributed by atoms with Gasteiger partial charge >= 0.3 is 0 Å². The van der Waals surface area contributed by atoms with E-state index >= 15 is 0 Å². The van der Waals surface area contributed by atoms with Gasteiger partial charge in [-0.15, -0.1) is 0 Å². The second kappa shape index (κ2) is 4.63. The first-order valence-electron chi connectivity index (χ1n) is 5.56. The van der Waals surface area contributed by atoms with Gasteiger partial charge in [0.25, 0.3) is 0 Å². The van der Waals surface area contributed by atoms with E-state index in [2.05, 4.69) is 15.1 Å². The van der Waals surface area contributed by atoms with Crippen molar-refractivity contribution in [3.05, 3.63) is 30.4 Å². The van der Waals surface area contributed by atoms with Gasteiger partial charge in [-0.2, -0.15) is 4.98 Å². The van der Waals surface area contributed by atoms with Crippen LogP contribution in [-0.4, -0.2) is 20.7 Å². The lowest BCUT2D eigenvalue weighted by Gasteiger charge is -2.16. The van der Waals surface area contributed by atoms with Crippen LogP contribution in [0.5, 0.6) is 0 Å². The molecule has 0 fully saturated rings. The van der Waals surface area contributed by atoms with Crippen molar-refractivity contribution in [1.29, 1.82) is 0 Å². The van der Waals surface area contributed by atoms with Gasteiger partial charge in [0.05, 0.1) is 0 Å². The van der Waals surface area contributed by atoms with Crippen molar-refractivity contribution in [2.45, 2.75) is 32.2 Å². The van der Waals surface area contributed by atoms with Crippen molar-refractivity contribution in [2.24, 2.45) is 5.73 Å². The van der Waals surface area contributed by atoms with Gasteiger partial charge in [0.15, 0.2) is 0 Å². The first-order chi connectivity index (χ1) is 8.04. The normalized spacial score (nSPS) is 11.7. The predicted molar refractivity (Wildman–Crippen MR) is 64.1 cm³/mol. The summed E-state index contributed by atoms with van der Waals surface area (Å²) in [5.74, 6) is 1.22. The lowest BCUT2D eigenvalue weighted by Crippen LogP contribution is -2.32. The quantitative estimate of drug-likeness (QED) is 0.869. The summed E-state index contributed by atoms with van der Waals surface area (Å²) in [6, 6.07) is 3.70. The van der Waals surface area contributed by atoms with E-state index in [1.54, 1.807) is 12.4 Å². The largest absolute Gasteiger partial charge is 0.339 e. The van der Waals surface area contributed by atoms with Gasteiger partial charge in [0.1, 0.15) is 0 Å². The van der Waals surface area contributed by atoms with Gasteiger partial charge in [-0.25, -0.2) is 0 Å². The van der Waals surface area contributed by atoms with E-state index < -0.39 is 0 Å². The van der Waals surface area contributed by atoms with Crippen LogP contribution in [0.15, 0.2) is 29.0 Å². The molecule has 2 aromatic heterocycles. The summed E-state index contributed by atoms with van der Waals surface area (Å²) in [6.07, 6.45) is 4.91. The highest BCUT2D eigenvalue weighted by Gasteiger charge is 2.14. The highest BCUT2D eigenvalue weighted by Crippen LogP contribution is 2.16. The SMILES string of the molecule is CC(C)(N)CCc1nc(-c2ccncc2)no1. The fourth-order valence-electron chi connectivity index (χ4n) is 1.40. The molecule has 2 aromatic rings. The fourth-order valence-corrected chi connectivity index (χ4v) is 1.40. The fraction of sp³-hybridized carbons (Fsp3) is 0.417. The summed E-state index contributed by atoms with van der Waals surface area (Å²) in [5.41, 5.74) is 6.59. The first-order valence-corrected chi connectivity index (χ1v) is 5.56. The van der Waals surface area contributed by atoms with Crippen molar-refractivity contribution in [1.82, 2.24) is 15.1 Å². The van der Waals surface area contributed by atoms with Crippen molar-refractivity contribution in [3.8, 4) is 11.4 Å². The molecule has 0 spiro atoms. The van der Waals surface area contributed by atoms with Crippen LogP contribution >= 0.6 is 0 Å². The summed E-state index contributed by atoms with van der Waals surface area (Å²) in [7, 11) is 0. The Hall–Kier alpha value is -1.75. The molecule has 0 saturated carbocycles. The van der Waals surface area contributed by atoms with E-state index in [4.69, 9.17) is 10.3 Å². The van der Waals surface area contributed by atoms with Crippen LogP contribution in [0.25, 0.3) is 11.4 Å². The molecule has 90 valence electrons. The molecule has 2 heterocycles. The molecular weight excluding hydrogens is 216 g/mol. The highest BCUT2D eigenvalue weighted by atomic mass is 16.5. The maximum Gasteiger partial charge on any atom is 0.227 e. The van der Waals surface area contributed by atoms with E-state index in [0.29, 0.717) is 18.1 Å². The van der Waals surface area contributed by atoms with Gasteiger partial charge in [-0.05, 0) is 32.4 Å². The van der Waals surface area contributed by atoms with Crippen LogP contribution in [-0.2, 0) is 6.42 Å². The lowest BCUT2D eigenvalue weighted by molar-refractivity contribution is 0.358. The van der Waals surface area contributed by atoms with Crippen LogP contribution in [0.1, 0.15) is 26.2 Å². The van der Waals surface area contributed by atoms with Gasteiger partial charge in [-0.1, -0.05) is 5.16 Å². The van der Waals surface area contributed by atoms with Crippen molar-refractivity contribution in [3.63, 3.8) is 0 Å². The van der Waals surface area contributed by atoms with Gasteiger partial charge in [0, 0.05) is 29.9 Å². The molecule has 0 amide bonds. The number of aryl methyl sites for hydroxylation is 1. The predicted octanol–water partition coefficient (Wildman–Crippen LogP) is 1.80. The van der Waals surface area contributed by atoms with Crippen LogP contribution in [0, 0.1) is 0 Å². The molecule has 0 aliphatic carbocycles. The van der Waals surface area contributed by atoms with Crippen LogP contribution in [0.2, 0.25) is 0 Å². The highest BCUT2D eigenvalue weighted by molar-refractivity contribution is 5.52. The maximum atomic E-state index is 5.90. The number of nitrogens with zero attached hydrogens (tertiary/aromatic N) is 3. The Balaban J connectivity index is 2.07. The number of rotatable bonds is 4. The third-order valence-electron chi connectivity index (χ3n) is 2.39. The molecule has 0 atom stereocenters. The van der Waals surface area contributed by atoms with Crippen LogP contribution < -0.4 is 5.73 Å². The molecule has 17 heavy (non-hydrogen) atoms. The molecule has 5 nitrogen and oxygen atoms in total. The second-order valence-corrected chi connectivity index (χ2v) is 4.74. The Bertz CT molecular complexity index is 473. The minimum Gasteiger partial charge on any atom is -0.339 e. The molecule has 5 heteroatoms.